The second-order valence-corrected chi connectivity index (χ2v) is 8.35. The summed E-state index contributed by atoms with van der Waals surface area (Å²) in [5, 5.41) is 17.6. The third-order valence-corrected chi connectivity index (χ3v) is 6.34. The first-order chi connectivity index (χ1) is 13.0. The summed E-state index contributed by atoms with van der Waals surface area (Å²) in [4.78, 5) is 0. The van der Waals surface area contributed by atoms with Gasteiger partial charge in [0.05, 0.1) is 5.70 Å². The van der Waals surface area contributed by atoms with Crippen LogP contribution in [0.4, 0.5) is 5.69 Å². The van der Waals surface area contributed by atoms with Gasteiger partial charge in [0.25, 0.3) is 10.0 Å². The van der Waals surface area contributed by atoms with Crippen LogP contribution in [-0.4, -0.2) is 14.3 Å². The molecular formula is C19H16N3O3S2-. The van der Waals surface area contributed by atoms with Crippen LogP contribution < -0.4 is 15.3 Å². The van der Waals surface area contributed by atoms with Crippen molar-refractivity contribution in [2.24, 2.45) is 5.10 Å². The first-order valence-corrected chi connectivity index (χ1v) is 10.2. The van der Waals surface area contributed by atoms with Crippen molar-refractivity contribution in [3.05, 3.63) is 89.8 Å². The summed E-state index contributed by atoms with van der Waals surface area (Å²) in [5.74, 6) is -0.486. The maximum atomic E-state index is 12.2. The number of hydrazone groups is 1. The van der Waals surface area contributed by atoms with Gasteiger partial charge >= 0.3 is 0 Å². The molecule has 0 saturated carbocycles. The number of nitrogens with zero attached hydrogens (tertiary/aromatic N) is 1. The monoisotopic (exact) mass is 398 g/mol. The van der Waals surface area contributed by atoms with E-state index in [1.54, 1.807) is 11.4 Å². The molecular weight excluding hydrogens is 382 g/mol. The lowest BCUT2D eigenvalue weighted by molar-refractivity contribution is -0.213. The third-order valence-electron chi connectivity index (χ3n) is 3.56. The summed E-state index contributed by atoms with van der Waals surface area (Å²) in [6, 6.07) is 18.5. The average molecular weight is 398 g/mol. The zero-order chi connectivity index (χ0) is 19.3. The van der Waals surface area contributed by atoms with Gasteiger partial charge in [-0.05, 0) is 34.7 Å². The van der Waals surface area contributed by atoms with Gasteiger partial charge in [0, 0.05) is 11.6 Å². The molecule has 8 heteroatoms. The molecule has 27 heavy (non-hydrogen) atoms. The van der Waals surface area contributed by atoms with Crippen LogP contribution in [0.15, 0.2) is 88.0 Å². The second-order valence-electron chi connectivity index (χ2n) is 5.49. The van der Waals surface area contributed by atoms with Crippen molar-refractivity contribution in [1.82, 2.24) is 5.43 Å². The van der Waals surface area contributed by atoms with Crippen molar-refractivity contribution in [2.75, 3.05) is 4.72 Å². The molecule has 0 atom stereocenters. The maximum absolute atomic E-state index is 12.2. The van der Waals surface area contributed by atoms with E-state index in [0.29, 0.717) is 16.9 Å². The lowest BCUT2D eigenvalue weighted by Gasteiger charge is -2.13. The Morgan fingerprint density at radius 2 is 1.67 bits per heavy atom. The molecule has 0 fully saturated rings. The highest BCUT2D eigenvalue weighted by Gasteiger charge is 2.14. The Bertz CT molecular complexity index is 1040. The van der Waals surface area contributed by atoms with E-state index in [-0.39, 0.29) is 4.21 Å². The number of anilines is 1. The molecule has 138 valence electrons. The Hall–Kier alpha value is -3.10. The molecule has 0 amide bonds. The van der Waals surface area contributed by atoms with Crippen LogP contribution >= 0.6 is 11.3 Å². The molecule has 0 aliphatic carbocycles. The van der Waals surface area contributed by atoms with Crippen LogP contribution in [0.5, 0.6) is 0 Å². The number of thiophene rings is 1. The van der Waals surface area contributed by atoms with Crippen LogP contribution in [0, 0.1) is 0 Å². The largest absolute Gasteiger partial charge is 0.857 e. The molecule has 0 aliphatic heterocycles. The number of nitrogens with one attached hydrogen (secondary N) is 2. The highest BCUT2D eigenvalue weighted by Crippen LogP contribution is 2.20. The average Bonchev–Trinajstić information content (AvgIpc) is 3.23. The van der Waals surface area contributed by atoms with E-state index in [4.69, 9.17) is 0 Å². The van der Waals surface area contributed by atoms with Crippen molar-refractivity contribution in [3.8, 4) is 0 Å². The zero-order valence-electron chi connectivity index (χ0n) is 14.1. The molecule has 0 spiro atoms. The Morgan fingerprint density at radius 1 is 0.963 bits per heavy atom. The van der Waals surface area contributed by atoms with Crippen molar-refractivity contribution in [3.63, 3.8) is 0 Å². The summed E-state index contributed by atoms with van der Waals surface area (Å²) < 4.78 is 27.1. The fourth-order valence-corrected chi connectivity index (χ4v) is 4.24. The molecule has 0 aliphatic rings. The van der Waals surface area contributed by atoms with E-state index in [1.165, 1.54) is 30.3 Å². The van der Waals surface area contributed by atoms with Gasteiger partial charge in [-0.3, -0.25) is 10.1 Å². The second kappa shape index (κ2) is 8.07. The van der Waals surface area contributed by atoms with Crippen LogP contribution in [-0.2, 0) is 10.0 Å². The van der Waals surface area contributed by atoms with Crippen LogP contribution in [0.2, 0.25) is 0 Å². The number of hydrogen-bond donors (Lipinski definition) is 2. The third kappa shape index (κ3) is 4.75. The summed E-state index contributed by atoms with van der Waals surface area (Å²) in [6.45, 7) is 3.84. The van der Waals surface area contributed by atoms with Crippen LogP contribution in [0.1, 0.15) is 11.1 Å². The van der Waals surface area contributed by atoms with Gasteiger partial charge in [-0.25, -0.2) is 8.42 Å². The van der Waals surface area contributed by atoms with Gasteiger partial charge in [0.1, 0.15) is 4.21 Å². The van der Waals surface area contributed by atoms with E-state index in [9.17, 15) is 13.5 Å². The fraction of sp³-hybridized carbons (Fsp3) is 0. The minimum atomic E-state index is -3.62. The first kappa shape index (κ1) is 18.7. The molecule has 0 saturated heterocycles. The van der Waals surface area contributed by atoms with Crippen molar-refractivity contribution in [2.45, 2.75) is 4.21 Å². The summed E-state index contributed by atoms with van der Waals surface area (Å²) in [6.07, 6.45) is 0. The van der Waals surface area contributed by atoms with Gasteiger partial charge in [0.15, 0.2) is 0 Å². The number of rotatable bonds is 7. The van der Waals surface area contributed by atoms with Gasteiger partial charge in [-0.1, -0.05) is 55.1 Å². The lowest BCUT2D eigenvalue weighted by Crippen LogP contribution is -2.22. The van der Waals surface area contributed by atoms with Crippen molar-refractivity contribution >= 4 is 38.6 Å². The highest BCUT2D eigenvalue weighted by atomic mass is 32.2. The molecule has 2 N–H and O–H groups in total. The van der Waals surface area contributed by atoms with E-state index in [1.807, 2.05) is 30.3 Å². The number of hydrogen-bond acceptors (Lipinski definition) is 6. The normalized spacial score (nSPS) is 11.8. The van der Waals surface area contributed by atoms with E-state index < -0.39 is 15.9 Å². The molecule has 2 aromatic carbocycles. The minimum Gasteiger partial charge on any atom is -0.857 e. The standard InChI is InChI=1S/C19H17N3O3S2/c1-14(15-6-3-2-4-7-15)20-21-19(23)16-9-11-17(12-10-16)22-27(24,25)18-8-5-13-26-18/h2-13,20,22H,1H2,(H,21,23)/p-1. The number of sulfonamides is 1. The lowest BCUT2D eigenvalue weighted by atomic mass is 10.2. The van der Waals surface area contributed by atoms with Crippen LogP contribution in [0.25, 0.3) is 5.70 Å². The van der Waals surface area contributed by atoms with E-state index >= 15 is 0 Å². The van der Waals surface area contributed by atoms with Gasteiger partial charge in [-0.15, -0.1) is 11.3 Å². The summed E-state index contributed by atoms with van der Waals surface area (Å²) in [7, 11) is -3.62. The van der Waals surface area contributed by atoms with Crippen molar-refractivity contribution < 1.29 is 13.5 Å². The molecule has 0 radical (unpaired) electrons. The Labute approximate surface area is 161 Å². The topological polar surface area (TPSA) is 93.6 Å². The molecule has 3 rings (SSSR count). The molecule has 1 aromatic heterocycles. The Kier molecular flexibility index (Phi) is 5.58. The first-order valence-electron chi connectivity index (χ1n) is 7.87. The molecule has 3 aromatic rings. The summed E-state index contributed by atoms with van der Waals surface area (Å²) >= 11 is 1.13. The SMILES string of the molecule is C=C(NN=C([O-])c1ccc(NS(=O)(=O)c2cccs2)cc1)c1ccccc1. The molecule has 0 unspecified atom stereocenters. The number of benzene rings is 2. The zero-order valence-corrected chi connectivity index (χ0v) is 15.8. The maximum Gasteiger partial charge on any atom is 0.271 e. The fourth-order valence-electron chi connectivity index (χ4n) is 2.19. The summed E-state index contributed by atoms with van der Waals surface area (Å²) in [5.41, 5.74) is 4.65. The quantitative estimate of drug-likeness (QED) is 0.364. The van der Waals surface area contributed by atoms with E-state index in [2.05, 4.69) is 21.8 Å². The predicted octanol–water partition coefficient (Wildman–Crippen LogP) is 2.83. The minimum absolute atomic E-state index is 0.223. The van der Waals surface area contributed by atoms with Gasteiger partial charge in [0.2, 0.25) is 0 Å². The molecule has 0 bridgehead atoms. The smallest absolute Gasteiger partial charge is 0.271 e. The highest BCUT2D eigenvalue weighted by molar-refractivity contribution is 7.94. The van der Waals surface area contributed by atoms with E-state index in [0.717, 1.165) is 16.9 Å². The van der Waals surface area contributed by atoms with Gasteiger partial charge in [-0.2, -0.15) is 5.10 Å². The van der Waals surface area contributed by atoms with Crippen molar-refractivity contribution in [1.29, 1.82) is 0 Å². The molecule has 6 nitrogen and oxygen atoms in total. The van der Waals surface area contributed by atoms with Crippen LogP contribution in [0.3, 0.4) is 0 Å². The predicted molar refractivity (Wildman–Crippen MR) is 107 cm³/mol. The molecule has 1 heterocycles. The van der Waals surface area contributed by atoms with Gasteiger partial charge < -0.3 is 5.11 Å². The Morgan fingerprint density at radius 3 is 2.30 bits per heavy atom. The Balaban J connectivity index is 1.67.